The second-order valence-corrected chi connectivity index (χ2v) is 7.04. The Morgan fingerprint density at radius 1 is 1.28 bits per heavy atom. The standard InChI is InChI=1S/C19H21F2N5O3/c1-28-16-14(20)11-23-18(24-16)25-6-3-19(21,4-7-25)17(27)26-8-9-29-15-2-5-22-10-13(15)12-26/h2,5,10-11H,3-4,6-9,12H2,1H3. The first kappa shape index (κ1) is 19.3. The summed E-state index contributed by atoms with van der Waals surface area (Å²) in [5.74, 6) is -0.460. The van der Waals surface area contributed by atoms with Crippen LogP contribution in [0.4, 0.5) is 14.7 Å². The van der Waals surface area contributed by atoms with Gasteiger partial charge in [-0.05, 0) is 6.07 Å². The summed E-state index contributed by atoms with van der Waals surface area (Å²) in [5, 5.41) is 0. The Hall–Kier alpha value is -3.04. The number of methoxy groups -OCH3 is 1. The number of anilines is 1. The van der Waals surface area contributed by atoms with Gasteiger partial charge >= 0.3 is 0 Å². The summed E-state index contributed by atoms with van der Waals surface area (Å²) in [7, 11) is 1.31. The van der Waals surface area contributed by atoms with Gasteiger partial charge in [0.05, 0.1) is 26.4 Å². The number of rotatable bonds is 3. The van der Waals surface area contributed by atoms with E-state index in [0.29, 0.717) is 18.9 Å². The molecule has 0 unspecified atom stereocenters. The van der Waals surface area contributed by atoms with Crippen LogP contribution in [0.1, 0.15) is 18.4 Å². The van der Waals surface area contributed by atoms with Gasteiger partial charge in [0.2, 0.25) is 11.8 Å². The Balaban J connectivity index is 1.44. The predicted molar refractivity (Wildman–Crippen MR) is 99.0 cm³/mol. The third-order valence-electron chi connectivity index (χ3n) is 5.24. The highest BCUT2D eigenvalue weighted by atomic mass is 19.1. The number of carbonyl (C=O) groups is 1. The highest BCUT2D eigenvalue weighted by molar-refractivity contribution is 5.85. The molecule has 2 aromatic rings. The lowest BCUT2D eigenvalue weighted by atomic mass is 9.91. The van der Waals surface area contributed by atoms with Gasteiger partial charge in [0.1, 0.15) is 12.4 Å². The van der Waals surface area contributed by atoms with E-state index in [9.17, 15) is 9.18 Å². The smallest absolute Gasteiger partial charge is 0.260 e. The van der Waals surface area contributed by atoms with E-state index in [4.69, 9.17) is 9.47 Å². The van der Waals surface area contributed by atoms with Crippen molar-refractivity contribution in [2.75, 3.05) is 38.3 Å². The van der Waals surface area contributed by atoms with Crippen molar-refractivity contribution in [3.8, 4) is 11.6 Å². The first-order chi connectivity index (χ1) is 14.0. The van der Waals surface area contributed by atoms with Gasteiger partial charge in [-0.25, -0.2) is 9.37 Å². The molecular formula is C19H21F2N5O3. The summed E-state index contributed by atoms with van der Waals surface area (Å²) in [6.45, 7) is 1.34. The van der Waals surface area contributed by atoms with Crippen molar-refractivity contribution in [1.82, 2.24) is 19.9 Å². The predicted octanol–water partition coefficient (Wildman–Crippen LogP) is 1.75. The number of hydrogen-bond acceptors (Lipinski definition) is 7. The van der Waals surface area contributed by atoms with Crippen molar-refractivity contribution in [2.24, 2.45) is 0 Å². The fourth-order valence-corrected chi connectivity index (χ4v) is 3.59. The molecule has 4 heterocycles. The van der Waals surface area contributed by atoms with Crippen LogP contribution in [0, 0.1) is 5.82 Å². The zero-order valence-electron chi connectivity index (χ0n) is 16.0. The van der Waals surface area contributed by atoms with Crippen LogP contribution in [0.25, 0.3) is 0 Å². The quantitative estimate of drug-likeness (QED) is 0.770. The molecule has 0 saturated carbocycles. The number of halogens is 2. The molecule has 0 bridgehead atoms. The van der Waals surface area contributed by atoms with Gasteiger partial charge in [0.15, 0.2) is 5.67 Å². The van der Waals surface area contributed by atoms with Crippen LogP contribution in [0.15, 0.2) is 24.7 Å². The number of ether oxygens (including phenoxy) is 2. The SMILES string of the molecule is COc1nc(N2CCC(F)(C(=O)N3CCOc4ccncc4C3)CC2)ncc1F. The van der Waals surface area contributed by atoms with E-state index in [2.05, 4.69) is 15.0 Å². The molecular weight excluding hydrogens is 384 g/mol. The van der Waals surface area contributed by atoms with Crippen LogP contribution in [0.3, 0.4) is 0 Å². The lowest BCUT2D eigenvalue weighted by Crippen LogP contribution is -2.53. The summed E-state index contributed by atoms with van der Waals surface area (Å²) < 4.78 is 39.6. The van der Waals surface area contributed by atoms with Crippen molar-refractivity contribution >= 4 is 11.9 Å². The van der Waals surface area contributed by atoms with E-state index in [1.807, 2.05) is 0 Å². The van der Waals surface area contributed by atoms with Gasteiger partial charge in [-0.15, -0.1) is 0 Å². The van der Waals surface area contributed by atoms with Crippen LogP contribution < -0.4 is 14.4 Å². The molecule has 0 atom stereocenters. The first-order valence-electron chi connectivity index (χ1n) is 9.35. The summed E-state index contributed by atoms with van der Waals surface area (Å²) in [5.41, 5.74) is -1.22. The molecule has 0 N–H and O–H groups in total. The molecule has 1 fully saturated rings. The lowest BCUT2D eigenvalue weighted by Gasteiger charge is -2.37. The first-order valence-corrected chi connectivity index (χ1v) is 9.35. The van der Waals surface area contributed by atoms with Gasteiger partial charge in [-0.3, -0.25) is 9.78 Å². The van der Waals surface area contributed by atoms with E-state index in [-0.39, 0.29) is 44.3 Å². The number of carbonyl (C=O) groups excluding carboxylic acids is 1. The minimum absolute atomic E-state index is 0.00780. The fourth-order valence-electron chi connectivity index (χ4n) is 3.59. The maximum Gasteiger partial charge on any atom is 0.260 e. The molecule has 2 aliphatic heterocycles. The number of piperidine rings is 1. The minimum Gasteiger partial charge on any atom is -0.491 e. The molecule has 1 amide bonds. The van der Waals surface area contributed by atoms with Crippen molar-refractivity contribution in [2.45, 2.75) is 25.1 Å². The van der Waals surface area contributed by atoms with Crippen molar-refractivity contribution < 1.29 is 23.0 Å². The molecule has 154 valence electrons. The average Bonchev–Trinajstić information content (AvgIpc) is 2.96. The maximum absolute atomic E-state index is 15.6. The summed E-state index contributed by atoms with van der Waals surface area (Å²) in [6, 6.07) is 1.74. The van der Waals surface area contributed by atoms with Crippen LogP contribution in [0.2, 0.25) is 0 Å². The van der Waals surface area contributed by atoms with Gasteiger partial charge in [0.25, 0.3) is 11.8 Å². The Bertz CT molecular complexity index is 905. The van der Waals surface area contributed by atoms with Crippen molar-refractivity contribution in [3.63, 3.8) is 0 Å². The molecule has 0 spiro atoms. The Labute approximate surface area is 166 Å². The molecule has 0 aromatic carbocycles. The molecule has 29 heavy (non-hydrogen) atoms. The van der Waals surface area contributed by atoms with E-state index in [1.165, 1.54) is 12.0 Å². The number of nitrogens with zero attached hydrogens (tertiary/aromatic N) is 5. The highest BCUT2D eigenvalue weighted by Gasteiger charge is 2.45. The summed E-state index contributed by atoms with van der Waals surface area (Å²) in [4.78, 5) is 28.2. The van der Waals surface area contributed by atoms with Gasteiger partial charge < -0.3 is 19.3 Å². The van der Waals surface area contributed by atoms with Crippen molar-refractivity contribution in [3.05, 3.63) is 36.0 Å². The van der Waals surface area contributed by atoms with Crippen LogP contribution in [0.5, 0.6) is 11.6 Å². The third-order valence-corrected chi connectivity index (χ3v) is 5.24. The van der Waals surface area contributed by atoms with Crippen LogP contribution >= 0.6 is 0 Å². The molecule has 4 rings (SSSR count). The topological polar surface area (TPSA) is 80.7 Å². The van der Waals surface area contributed by atoms with E-state index < -0.39 is 17.4 Å². The summed E-state index contributed by atoms with van der Waals surface area (Å²) >= 11 is 0. The van der Waals surface area contributed by atoms with E-state index in [0.717, 1.165) is 11.8 Å². The van der Waals surface area contributed by atoms with Gasteiger partial charge in [-0.1, -0.05) is 0 Å². The maximum atomic E-state index is 15.6. The van der Waals surface area contributed by atoms with E-state index in [1.54, 1.807) is 23.4 Å². The molecule has 0 aliphatic carbocycles. The van der Waals surface area contributed by atoms with Crippen LogP contribution in [-0.4, -0.2) is 64.8 Å². The Kier molecular flexibility index (Phi) is 5.16. The largest absolute Gasteiger partial charge is 0.491 e. The van der Waals surface area contributed by atoms with Gasteiger partial charge in [-0.2, -0.15) is 9.37 Å². The molecule has 10 heteroatoms. The second kappa shape index (κ2) is 7.76. The molecule has 0 radical (unpaired) electrons. The Morgan fingerprint density at radius 2 is 2.07 bits per heavy atom. The number of pyridine rings is 1. The normalized spacial score (nSPS) is 18.4. The number of fused-ring (bicyclic) bond motifs is 1. The van der Waals surface area contributed by atoms with Crippen LogP contribution in [-0.2, 0) is 11.3 Å². The zero-order chi connectivity index (χ0) is 20.4. The third kappa shape index (κ3) is 3.79. The monoisotopic (exact) mass is 405 g/mol. The van der Waals surface area contributed by atoms with E-state index >= 15 is 4.39 Å². The van der Waals surface area contributed by atoms with Crippen molar-refractivity contribution in [1.29, 1.82) is 0 Å². The fraction of sp³-hybridized carbons (Fsp3) is 0.474. The number of amides is 1. The Morgan fingerprint density at radius 3 is 2.83 bits per heavy atom. The molecule has 2 aromatic heterocycles. The number of aromatic nitrogens is 3. The number of alkyl halides is 1. The highest BCUT2D eigenvalue weighted by Crippen LogP contribution is 2.32. The minimum atomic E-state index is -1.98. The zero-order valence-corrected chi connectivity index (χ0v) is 16.0. The number of hydrogen-bond donors (Lipinski definition) is 0. The molecule has 8 nitrogen and oxygen atoms in total. The lowest BCUT2D eigenvalue weighted by molar-refractivity contribution is -0.146. The average molecular weight is 405 g/mol. The molecule has 1 saturated heterocycles. The molecule has 2 aliphatic rings. The summed E-state index contributed by atoms with van der Waals surface area (Å²) in [6.07, 6.45) is 4.26. The second-order valence-electron chi connectivity index (χ2n) is 7.04. The van der Waals surface area contributed by atoms with Gasteiger partial charge in [0, 0.05) is 43.9 Å².